The summed E-state index contributed by atoms with van der Waals surface area (Å²) in [6, 6.07) is 0. The van der Waals surface area contributed by atoms with Crippen molar-refractivity contribution >= 4 is 27.7 Å². The molecule has 162 valence electrons. The average molecular weight is 469 g/mol. The number of carbonyl (C=O) groups excluding carboxylic acids is 2. The number of esters is 1. The Morgan fingerprint density at radius 3 is 2.59 bits per heavy atom. The smallest absolute Gasteiger partial charge is 0.306 e. The van der Waals surface area contributed by atoms with Gasteiger partial charge in [-0.3, -0.25) is 9.59 Å². The van der Waals surface area contributed by atoms with E-state index in [1.807, 2.05) is 13.8 Å². The van der Waals surface area contributed by atoms with E-state index in [0.717, 1.165) is 56.9 Å². The molecule has 5 heteroatoms. The summed E-state index contributed by atoms with van der Waals surface area (Å²) in [5, 5.41) is 0. The number of halogens is 2. The number of cyclic esters (lactones) is 1. The maximum absolute atomic E-state index is 15.7. The SMILES string of the molecule is CC[C@H]1CCCC[C@@H](C)C(=O)C2=C[C@H]3[C@@H]4CCC[C@H]4C(Br)C(F)[C@H]3[C@@H]2CC(=O)O1. The number of alkyl halides is 2. The highest BCUT2D eigenvalue weighted by atomic mass is 79.9. The molecule has 0 aromatic heterocycles. The molecule has 3 aliphatic carbocycles. The summed E-state index contributed by atoms with van der Waals surface area (Å²) in [5.74, 6) is 0.0532. The molecule has 0 radical (unpaired) electrons. The predicted octanol–water partition coefficient (Wildman–Crippen LogP) is 5.80. The molecule has 2 unspecified atom stereocenters. The fraction of sp³-hybridized carbons (Fsp3) is 0.833. The molecule has 0 bridgehead atoms. The van der Waals surface area contributed by atoms with Crippen LogP contribution in [0.1, 0.15) is 71.6 Å². The number of ether oxygens (including phenoxy) is 1. The van der Waals surface area contributed by atoms with Gasteiger partial charge in [0.15, 0.2) is 5.78 Å². The standard InChI is InChI=1S/C24H34BrFO3/c1-3-14-8-5-4-7-13(2)24(28)19-11-17-15-9-6-10-16(15)22(25)23(26)21(17)18(19)12-20(27)29-14/h11,13-18,21-23H,3-10,12H2,1-2H3/t13-,14+,15-,16-,17+,18-,21-,22?,23?/m1/s1. The van der Waals surface area contributed by atoms with Crippen molar-refractivity contribution in [2.24, 2.45) is 35.5 Å². The third-order valence-electron chi connectivity index (χ3n) is 8.17. The van der Waals surface area contributed by atoms with Gasteiger partial charge in [0.05, 0.1) is 6.42 Å². The summed E-state index contributed by atoms with van der Waals surface area (Å²) in [6.45, 7) is 4.05. The van der Waals surface area contributed by atoms with E-state index in [2.05, 4.69) is 22.0 Å². The van der Waals surface area contributed by atoms with Crippen molar-refractivity contribution < 1.29 is 18.7 Å². The quantitative estimate of drug-likeness (QED) is 0.360. The van der Waals surface area contributed by atoms with Crippen molar-refractivity contribution in [2.45, 2.75) is 88.7 Å². The molecular weight excluding hydrogens is 435 g/mol. The van der Waals surface area contributed by atoms with Gasteiger partial charge in [0, 0.05) is 22.6 Å². The lowest BCUT2D eigenvalue weighted by Crippen LogP contribution is -2.47. The largest absolute Gasteiger partial charge is 0.462 e. The lowest BCUT2D eigenvalue weighted by atomic mass is 9.65. The number of fused-ring (bicyclic) bond motifs is 5. The zero-order valence-corrected chi connectivity index (χ0v) is 19.2. The summed E-state index contributed by atoms with van der Waals surface area (Å²) in [4.78, 5) is 26.0. The fourth-order valence-electron chi connectivity index (χ4n) is 6.61. The van der Waals surface area contributed by atoms with Gasteiger partial charge in [0.25, 0.3) is 0 Å². The van der Waals surface area contributed by atoms with E-state index in [1.54, 1.807) is 0 Å². The van der Waals surface area contributed by atoms with Gasteiger partial charge in [-0.05, 0) is 61.9 Å². The third kappa shape index (κ3) is 3.97. The maximum atomic E-state index is 15.7. The van der Waals surface area contributed by atoms with Gasteiger partial charge in [0.1, 0.15) is 12.3 Å². The topological polar surface area (TPSA) is 43.4 Å². The Morgan fingerprint density at radius 2 is 1.83 bits per heavy atom. The van der Waals surface area contributed by atoms with E-state index in [4.69, 9.17) is 4.74 Å². The Hall–Kier alpha value is -0.710. The molecule has 0 spiro atoms. The van der Waals surface area contributed by atoms with Crippen LogP contribution in [0.4, 0.5) is 4.39 Å². The molecule has 2 saturated carbocycles. The minimum absolute atomic E-state index is 0.0587. The minimum atomic E-state index is -1.02. The van der Waals surface area contributed by atoms with Gasteiger partial charge in [-0.2, -0.15) is 0 Å². The highest BCUT2D eigenvalue weighted by Crippen LogP contribution is 2.58. The zero-order chi connectivity index (χ0) is 20.7. The van der Waals surface area contributed by atoms with Gasteiger partial charge in [-0.25, -0.2) is 4.39 Å². The summed E-state index contributed by atoms with van der Waals surface area (Å²) >= 11 is 3.66. The van der Waals surface area contributed by atoms with Crippen molar-refractivity contribution in [1.29, 1.82) is 0 Å². The van der Waals surface area contributed by atoms with Crippen molar-refractivity contribution in [3.63, 3.8) is 0 Å². The molecule has 1 aliphatic heterocycles. The number of rotatable bonds is 1. The average Bonchev–Trinajstić information content (AvgIpc) is 3.32. The van der Waals surface area contributed by atoms with Crippen LogP contribution in [0.2, 0.25) is 0 Å². The summed E-state index contributed by atoms with van der Waals surface area (Å²) in [5.41, 5.74) is 0.730. The van der Waals surface area contributed by atoms with Gasteiger partial charge in [-0.1, -0.05) is 48.7 Å². The van der Waals surface area contributed by atoms with Crippen LogP contribution in [0.5, 0.6) is 0 Å². The van der Waals surface area contributed by atoms with E-state index in [0.29, 0.717) is 11.8 Å². The fourth-order valence-corrected chi connectivity index (χ4v) is 7.62. The molecule has 4 rings (SSSR count). The Bertz CT molecular complexity index is 677. The number of Topliss-reactive ketones (excluding diaryl/α,β-unsaturated/α-hetero) is 1. The van der Waals surface area contributed by atoms with Crippen molar-refractivity contribution in [3.8, 4) is 0 Å². The van der Waals surface area contributed by atoms with Crippen LogP contribution < -0.4 is 0 Å². The number of ketones is 1. The second-order valence-electron chi connectivity index (χ2n) is 9.80. The second-order valence-corrected chi connectivity index (χ2v) is 10.9. The first-order valence-electron chi connectivity index (χ1n) is 11.7. The molecule has 9 atom stereocenters. The third-order valence-corrected chi connectivity index (χ3v) is 9.35. The first-order chi connectivity index (χ1) is 13.9. The van der Waals surface area contributed by atoms with Crippen LogP contribution in [0.25, 0.3) is 0 Å². The van der Waals surface area contributed by atoms with Crippen molar-refractivity contribution in [2.75, 3.05) is 0 Å². The van der Waals surface area contributed by atoms with Crippen LogP contribution in [0, 0.1) is 35.5 Å². The molecule has 3 nitrogen and oxygen atoms in total. The summed E-state index contributed by atoms with van der Waals surface area (Å²) in [6.07, 6.45) is 8.88. The highest BCUT2D eigenvalue weighted by molar-refractivity contribution is 9.09. The Labute approximate surface area is 182 Å². The molecule has 0 aromatic carbocycles. The van der Waals surface area contributed by atoms with Crippen molar-refractivity contribution in [1.82, 2.24) is 0 Å². The van der Waals surface area contributed by atoms with Crippen LogP contribution in [-0.2, 0) is 14.3 Å². The molecule has 0 aromatic rings. The Kier molecular flexibility index (Phi) is 6.53. The van der Waals surface area contributed by atoms with Crippen LogP contribution in [0.15, 0.2) is 11.6 Å². The normalized spacial score (nSPS) is 45.9. The van der Waals surface area contributed by atoms with E-state index in [1.165, 1.54) is 0 Å². The molecule has 29 heavy (non-hydrogen) atoms. The van der Waals surface area contributed by atoms with E-state index < -0.39 is 6.17 Å². The van der Waals surface area contributed by atoms with Gasteiger partial charge in [0.2, 0.25) is 0 Å². The maximum Gasteiger partial charge on any atom is 0.306 e. The van der Waals surface area contributed by atoms with Crippen LogP contribution >= 0.6 is 15.9 Å². The van der Waals surface area contributed by atoms with E-state index >= 15 is 4.39 Å². The zero-order valence-electron chi connectivity index (χ0n) is 17.6. The number of carbonyl (C=O) groups is 2. The number of allylic oxidation sites excluding steroid dienone is 2. The van der Waals surface area contributed by atoms with Crippen molar-refractivity contribution in [3.05, 3.63) is 11.6 Å². The molecule has 4 aliphatic rings. The second kappa shape index (κ2) is 8.80. The first-order valence-corrected chi connectivity index (χ1v) is 12.6. The Morgan fingerprint density at radius 1 is 1.10 bits per heavy atom. The summed E-state index contributed by atoms with van der Waals surface area (Å²) < 4.78 is 21.4. The molecule has 1 saturated heterocycles. The molecule has 0 N–H and O–H groups in total. The Balaban J connectivity index is 1.67. The van der Waals surface area contributed by atoms with Gasteiger partial charge in [-0.15, -0.1) is 0 Å². The molecule has 3 fully saturated rings. The van der Waals surface area contributed by atoms with Gasteiger partial charge < -0.3 is 4.74 Å². The highest BCUT2D eigenvalue weighted by Gasteiger charge is 2.57. The molecule has 1 heterocycles. The van der Waals surface area contributed by atoms with Gasteiger partial charge >= 0.3 is 5.97 Å². The lowest BCUT2D eigenvalue weighted by molar-refractivity contribution is -0.151. The first kappa shape index (κ1) is 21.5. The lowest BCUT2D eigenvalue weighted by Gasteiger charge is -2.44. The van der Waals surface area contributed by atoms with Crippen LogP contribution in [0.3, 0.4) is 0 Å². The minimum Gasteiger partial charge on any atom is -0.462 e. The van der Waals surface area contributed by atoms with E-state index in [9.17, 15) is 9.59 Å². The molecular formula is C24H34BrFO3. The number of hydrogen-bond acceptors (Lipinski definition) is 3. The summed E-state index contributed by atoms with van der Waals surface area (Å²) in [7, 11) is 0. The predicted molar refractivity (Wildman–Crippen MR) is 114 cm³/mol. The monoisotopic (exact) mass is 468 g/mol. The number of hydrogen-bond donors (Lipinski definition) is 0. The molecule has 0 amide bonds. The van der Waals surface area contributed by atoms with E-state index in [-0.39, 0.29) is 52.8 Å². The van der Waals surface area contributed by atoms with Crippen LogP contribution in [-0.4, -0.2) is 28.9 Å².